The van der Waals surface area contributed by atoms with Gasteiger partial charge in [-0.3, -0.25) is 4.79 Å². The summed E-state index contributed by atoms with van der Waals surface area (Å²) in [7, 11) is 2.16. The van der Waals surface area contributed by atoms with Gasteiger partial charge >= 0.3 is 0 Å². The molecule has 2 saturated heterocycles. The second-order valence-electron chi connectivity index (χ2n) is 9.93. The molecule has 0 aliphatic carbocycles. The molecule has 0 atom stereocenters. The molecule has 5 heterocycles. The van der Waals surface area contributed by atoms with Crippen LogP contribution in [0, 0.1) is 0 Å². The number of rotatable bonds is 7. The van der Waals surface area contributed by atoms with Crippen molar-refractivity contribution in [2.45, 2.75) is 19.4 Å². The lowest BCUT2D eigenvalue weighted by Gasteiger charge is -2.34. The number of nitrogens with one attached hydrogen (secondary N) is 1. The van der Waals surface area contributed by atoms with E-state index in [0.29, 0.717) is 29.3 Å². The Morgan fingerprint density at radius 3 is 2.39 bits per heavy atom. The highest BCUT2D eigenvalue weighted by Crippen LogP contribution is 2.24. The molecule has 2 aliphatic rings. The summed E-state index contributed by atoms with van der Waals surface area (Å²) < 4.78 is 3.39. The number of piperazine rings is 1. The second kappa shape index (κ2) is 10.3. The molecule has 1 N–H and O–H groups in total. The van der Waals surface area contributed by atoms with Crippen molar-refractivity contribution in [3.8, 4) is 5.82 Å². The van der Waals surface area contributed by atoms with Crippen LogP contribution in [0.15, 0.2) is 66.1 Å². The Bertz CT molecular complexity index is 1490. The Balaban J connectivity index is 1.33. The zero-order valence-electron chi connectivity index (χ0n) is 21.8. The van der Waals surface area contributed by atoms with Gasteiger partial charge in [0, 0.05) is 56.8 Å². The molecule has 10 nitrogen and oxygen atoms in total. The van der Waals surface area contributed by atoms with Crippen LogP contribution in [0.5, 0.6) is 0 Å². The number of hydrogen-bond acceptors (Lipinski definition) is 8. The smallest absolute Gasteiger partial charge is 0.278 e. The predicted molar refractivity (Wildman–Crippen MR) is 152 cm³/mol. The molecule has 0 saturated carbocycles. The minimum absolute atomic E-state index is 0.170. The fourth-order valence-corrected chi connectivity index (χ4v) is 5.21. The van der Waals surface area contributed by atoms with Gasteiger partial charge in [-0.15, -0.1) is 6.58 Å². The van der Waals surface area contributed by atoms with E-state index in [1.807, 2.05) is 30.3 Å². The number of hydrogen-bond donors (Lipinski definition) is 1. The molecule has 4 aromatic rings. The maximum absolute atomic E-state index is 13.3. The quantitative estimate of drug-likeness (QED) is 0.379. The van der Waals surface area contributed by atoms with E-state index in [0.717, 1.165) is 63.6 Å². The van der Waals surface area contributed by atoms with Crippen molar-refractivity contribution in [1.82, 2.24) is 29.2 Å². The zero-order chi connectivity index (χ0) is 26.1. The standard InChI is InChI=1S/C28H33N9O/c1-3-13-36-27(38)23-20-29-28(30-21-9-11-22(12-10-21)34-18-16-33(2)17-19-34)32-26(23)37(36)25-8-6-7-24(31-25)35-14-4-5-15-35/h3,6-12,20H,1,4-5,13-19H2,2H3,(H,29,30,32). The number of benzene rings is 1. The van der Waals surface area contributed by atoms with Gasteiger partial charge in [-0.25, -0.2) is 19.3 Å². The summed E-state index contributed by atoms with van der Waals surface area (Å²) in [6.45, 7) is 10.3. The normalized spacial score (nSPS) is 16.3. The molecule has 196 valence electrons. The minimum Gasteiger partial charge on any atom is -0.369 e. The molecule has 0 spiro atoms. The summed E-state index contributed by atoms with van der Waals surface area (Å²) in [6.07, 6.45) is 5.62. The van der Waals surface area contributed by atoms with E-state index < -0.39 is 0 Å². The largest absolute Gasteiger partial charge is 0.369 e. The third-order valence-electron chi connectivity index (χ3n) is 7.34. The molecular weight excluding hydrogens is 478 g/mol. The number of anilines is 4. The molecular formula is C28H33N9O. The van der Waals surface area contributed by atoms with Crippen molar-refractivity contribution < 1.29 is 0 Å². The van der Waals surface area contributed by atoms with Crippen molar-refractivity contribution in [1.29, 1.82) is 0 Å². The van der Waals surface area contributed by atoms with Gasteiger partial charge < -0.3 is 20.0 Å². The van der Waals surface area contributed by atoms with E-state index in [1.165, 1.54) is 5.69 Å². The summed E-state index contributed by atoms with van der Waals surface area (Å²) in [5.41, 5.74) is 2.43. The third kappa shape index (κ3) is 4.63. The fourth-order valence-electron chi connectivity index (χ4n) is 5.21. The summed E-state index contributed by atoms with van der Waals surface area (Å²) in [6, 6.07) is 14.2. The summed E-state index contributed by atoms with van der Waals surface area (Å²) >= 11 is 0. The predicted octanol–water partition coefficient (Wildman–Crippen LogP) is 3.26. The van der Waals surface area contributed by atoms with Crippen molar-refractivity contribution in [2.75, 3.05) is 61.4 Å². The highest BCUT2D eigenvalue weighted by Gasteiger charge is 2.20. The Labute approximate surface area is 221 Å². The summed E-state index contributed by atoms with van der Waals surface area (Å²) in [4.78, 5) is 34.4. The first-order valence-electron chi connectivity index (χ1n) is 13.2. The van der Waals surface area contributed by atoms with E-state index >= 15 is 0 Å². The summed E-state index contributed by atoms with van der Waals surface area (Å²) in [5, 5.41) is 3.75. The van der Waals surface area contributed by atoms with Crippen LogP contribution in [0.25, 0.3) is 16.9 Å². The Morgan fingerprint density at radius 2 is 1.66 bits per heavy atom. The molecule has 1 aromatic carbocycles. The van der Waals surface area contributed by atoms with Crippen LogP contribution < -0.4 is 20.7 Å². The average Bonchev–Trinajstić information content (AvgIpc) is 3.57. The Kier molecular flexibility index (Phi) is 6.55. The van der Waals surface area contributed by atoms with E-state index in [9.17, 15) is 4.79 Å². The number of aromatic nitrogens is 5. The van der Waals surface area contributed by atoms with Gasteiger partial charge in [0.15, 0.2) is 11.5 Å². The molecule has 2 aliphatic heterocycles. The molecule has 0 amide bonds. The van der Waals surface area contributed by atoms with Crippen LogP contribution in [0.1, 0.15) is 12.8 Å². The monoisotopic (exact) mass is 511 g/mol. The van der Waals surface area contributed by atoms with Gasteiger partial charge in [0.05, 0.1) is 6.54 Å². The average molecular weight is 512 g/mol. The van der Waals surface area contributed by atoms with Gasteiger partial charge in [-0.1, -0.05) is 12.1 Å². The number of fused-ring (bicyclic) bond motifs is 1. The van der Waals surface area contributed by atoms with Crippen LogP contribution in [-0.2, 0) is 6.54 Å². The van der Waals surface area contributed by atoms with Crippen LogP contribution in [-0.4, -0.2) is 75.5 Å². The van der Waals surface area contributed by atoms with Gasteiger partial charge in [0.1, 0.15) is 11.2 Å². The lowest BCUT2D eigenvalue weighted by molar-refractivity contribution is 0.313. The molecule has 38 heavy (non-hydrogen) atoms. The SMILES string of the molecule is C=CCn1c(=O)c2cnc(Nc3ccc(N4CCN(C)CC4)cc3)nc2n1-c1cccc(N2CCCC2)n1. The van der Waals surface area contributed by atoms with Crippen molar-refractivity contribution in [3.63, 3.8) is 0 Å². The van der Waals surface area contributed by atoms with E-state index in [-0.39, 0.29) is 5.56 Å². The van der Waals surface area contributed by atoms with Gasteiger partial charge in [0.2, 0.25) is 5.95 Å². The highest BCUT2D eigenvalue weighted by atomic mass is 16.1. The Hall–Kier alpha value is -4.18. The van der Waals surface area contributed by atoms with Crippen LogP contribution in [0.4, 0.5) is 23.1 Å². The minimum atomic E-state index is -0.170. The maximum atomic E-state index is 13.3. The lowest BCUT2D eigenvalue weighted by atomic mass is 10.2. The van der Waals surface area contributed by atoms with Crippen LogP contribution in [0.3, 0.4) is 0 Å². The van der Waals surface area contributed by atoms with Gasteiger partial charge in [0.25, 0.3) is 5.56 Å². The Morgan fingerprint density at radius 1 is 0.921 bits per heavy atom. The molecule has 3 aromatic heterocycles. The van der Waals surface area contributed by atoms with Gasteiger partial charge in [-0.2, -0.15) is 4.98 Å². The molecule has 0 bridgehead atoms. The first-order chi connectivity index (χ1) is 18.6. The molecule has 6 rings (SSSR count). The number of allylic oxidation sites excluding steroid dienone is 1. The summed E-state index contributed by atoms with van der Waals surface area (Å²) in [5.74, 6) is 1.97. The topological polar surface area (TPSA) is 87.3 Å². The molecule has 2 fully saturated rings. The highest BCUT2D eigenvalue weighted by molar-refractivity contribution is 5.77. The fraction of sp³-hybridized carbons (Fsp3) is 0.357. The molecule has 10 heteroatoms. The number of likely N-dealkylation sites (N-methyl/N-ethyl adjacent to an activating group) is 1. The molecule has 0 unspecified atom stereocenters. The maximum Gasteiger partial charge on any atom is 0.278 e. The first kappa shape index (κ1) is 24.2. The first-order valence-corrected chi connectivity index (χ1v) is 13.2. The lowest BCUT2D eigenvalue weighted by Crippen LogP contribution is -2.44. The van der Waals surface area contributed by atoms with E-state index in [1.54, 1.807) is 21.6 Å². The van der Waals surface area contributed by atoms with Crippen LogP contribution >= 0.6 is 0 Å². The third-order valence-corrected chi connectivity index (χ3v) is 7.34. The van der Waals surface area contributed by atoms with E-state index in [4.69, 9.17) is 9.97 Å². The van der Waals surface area contributed by atoms with Crippen LogP contribution in [0.2, 0.25) is 0 Å². The van der Waals surface area contributed by atoms with Crippen molar-refractivity contribution in [3.05, 3.63) is 71.7 Å². The number of nitrogens with zero attached hydrogens (tertiary/aromatic N) is 8. The van der Waals surface area contributed by atoms with Crippen molar-refractivity contribution in [2.24, 2.45) is 0 Å². The van der Waals surface area contributed by atoms with E-state index in [2.05, 4.69) is 50.8 Å². The molecule has 0 radical (unpaired) electrons. The number of pyridine rings is 1. The zero-order valence-corrected chi connectivity index (χ0v) is 21.8. The van der Waals surface area contributed by atoms with Crippen molar-refractivity contribution >= 4 is 34.2 Å². The van der Waals surface area contributed by atoms with Gasteiger partial charge in [-0.05, 0) is 56.3 Å². The second-order valence-corrected chi connectivity index (χ2v) is 9.93.